The van der Waals surface area contributed by atoms with Gasteiger partial charge in [-0.05, 0) is 29.7 Å². The fourth-order valence-corrected chi connectivity index (χ4v) is 4.29. The standard InChI is InChI=1S/C21H29N3O3S.HI/c1-22-21(24(2)16-18-10-12-20(27-3)13-11-18)23-14-7-15-28(25,26)17-19-8-5-4-6-9-19;/h4-6,8-13H,7,14-17H2,1-3H3,(H,22,23);1H. The lowest BCUT2D eigenvalue weighted by Gasteiger charge is -2.22. The van der Waals surface area contributed by atoms with Crippen molar-refractivity contribution >= 4 is 39.8 Å². The molecule has 0 aliphatic heterocycles. The van der Waals surface area contributed by atoms with Crippen LogP contribution in [-0.2, 0) is 22.1 Å². The van der Waals surface area contributed by atoms with Gasteiger partial charge >= 0.3 is 0 Å². The predicted octanol–water partition coefficient (Wildman–Crippen LogP) is 3.33. The second kappa shape index (κ2) is 12.7. The van der Waals surface area contributed by atoms with Gasteiger partial charge in [-0.15, -0.1) is 24.0 Å². The Kier molecular flexibility index (Phi) is 11.0. The summed E-state index contributed by atoms with van der Waals surface area (Å²) in [4.78, 5) is 6.28. The lowest BCUT2D eigenvalue weighted by molar-refractivity contribution is 0.414. The number of ether oxygens (including phenoxy) is 1. The van der Waals surface area contributed by atoms with Gasteiger partial charge in [0.05, 0.1) is 18.6 Å². The third-order valence-corrected chi connectivity index (χ3v) is 5.98. The van der Waals surface area contributed by atoms with Crippen LogP contribution in [0.15, 0.2) is 59.6 Å². The summed E-state index contributed by atoms with van der Waals surface area (Å²) in [6, 6.07) is 17.2. The van der Waals surface area contributed by atoms with Gasteiger partial charge in [-0.3, -0.25) is 4.99 Å². The predicted molar refractivity (Wildman–Crippen MR) is 130 cm³/mol. The minimum atomic E-state index is -3.12. The van der Waals surface area contributed by atoms with Crippen LogP contribution >= 0.6 is 24.0 Å². The minimum Gasteiger partial charge on any atom is -0.497 e. The Morgan fingerprint density at radius 1 is 1.07 bits per heavy atom. The molecule has 0 aromatic heterocycles. The highest BCUT2D eigenvalue weighted by Gasteiger charge is 2.12. The number of benzene rings is 2. The molecular weight excluding hydrogens is 501 g/mol. The number of methoxy groups -OCH3 is 1. The summed E-state index contributed by atoms with van der Waals surface area (Å²) in [7, 11) is 2.20. The third-order valence-electron chi connectivity index (χ3n) is 4.30. The summed E-state index contributed by atoms with van der Waals surface area (Å²) in [5, 5.41) is 3.24. The lowest BCUT2D eigenvalue weighted by atomic mass is 10.2. The Hall–Kier alpha value is -1.81. The number of sulfone groups is 1. The first-order valence-corrected chi connectivity index (χ1v) is 11.0. The molecule has 0 aliphatic carbocycles. The Labute approximate surface area is 191 Å². The average Bonchev–Trinajstić information content (AvgIpc) is 2.69. The molecule has 0 saturated carbocycles. The van der Waals surface area contributed by atoms with Crippen molar-refractivity contribution in [3.63, 3.8) is 0 Å². The molecule has 0 spiro atoms. The van der Waals surface area contributed by atoms with Crippen LogP contribution in [0.25, 0.3) is 0 Å². The Balaban J connectivity index is 0.00000420. The van der Waals surface area contributed by atoms with E-state index < -0.39 is 9.84 Å². The molecule has 160 valence electrons. The number of guanidine groups is 1. The third kappa shape index (κ3) is 9.03. The Morgan fingerprint density at radius 3 is 2.31 bits per heavy atom. The molecule has 2 aromatic carbocycles. The molecule has 8 heteroatoms. The first-order valence-electron chi connectivity index (χ1n) is 9.22. The molecule has 2 aromatic rings. The quantitative estimate of drug-likeness (QED) is 0.233. The van der Waals surface area contributed by atoms with E-state index in [0.717, 1.165) is 22.8 Å². The molecule has 0 amide bonds. The molecule has 0 atom stereocenters. The van der Waals surface area contributed by atoms with Crippen molar-refractivity contribution in [2.45, 2.75) is 18.7 Å². The number of hydrogen-bond acceptors (Lipinski definition) is 4. The van der Waals surface area contributed by atoms with E-state index in [-0.39, 0.29) is 35.5 Å². The van der Waals surface area contributed by atoms with E-state index in [1.54, 1.807) is 14.2 Å². The molecule has 2 rings (SSSR count). The summed E-state index contributed by atoms with van der Waals surface area (Å²) in [6.45, 7) is 1.24. The summed E-state index contributed by atoms with van der Waals surface area (Å²) in [6.07, 6.45) is 0.532. The molecule has 0 aliphatic rings. The normalized spacial score (nSPS) is 11.5. The number of hydrogen-bond donors (Lipinski definition) is 1. The lowest BCUT2D eigenvalue weighted by Crippen LogP contribution is -2.39. The second-order valence-corrected chi connectivity index (χ2v) is 8.79. The van der Waals surface area contributed by atoms with Crippen LogP contribution in [0.4, 0.5) is 0 Å². The van der Waals surface area contributed by atoms with E-state index in [1.165, 1.54) is 0 Å². The molecule has 0 radical (unpaired) electrons. The SMILES string of the molecule is CN=C(NCCCS(=O)(=O)Cc1ccccc1)N(C)Cc1ccc(OC)cc1.I. The van der Waals surface area contributed by atoms with Crippen molar-refractivity contribution in [3.05, 3.63) is 65.7 Å². The van der Waals surface area contributed by atoms with Crippen LogP contribution < -0.4 is 10.1 Å². The van der Waals surface area contributed by atoms with Crippen molar-refractivity contribution in [2.75, 3.05) is 33.5 Å². The van der Waals surface area contributed by atoms with Crippen molar-refractivity contribution < 1.29 is 13.2 Å². The van der Waals surface area contributed by atoms with E-state index >= 15 is 0 Å². The van der Waals surface area contributed by atoms with Crippen LogP contribution in [0, 0.1) is 0 Å². The molecule has 1 N–H and O–H groups in total. The van der Waals surface area contributed by atoms with Gasteiger partial charge in [-0.1, -0.05) is 42.5 Å². The number of halogens is 1. The van der Waals surface area contributed by atoms with Crippen molar-refractivity contribution in [1.29, 1.82) is 0 Å². The molecular formula is C21H30IN3O3S. The zero-order chi connectivity index (χ0) is 20.4. The monoisotopic (exact) mass is 531 g/mol. The van der Waals surface area contributed by atoms with E-state index in [4.69, 9.17) is 4.74 Å². The fourth-order valence-electron chi connectivity index (χ4n) is 2.86. The Morgan fingerprint density at radius 2 is 1.72 bits per heavy atom. The number of aliphatic imine (C=N–C) groups is 1. The second-order valence-electron chi connectivity index (χ2n) is 6.61. The van der Waals surface area contributed by atoms with Gasteiger partial charge < -0.3 is 15.0 Å². The van der Waals surface area contributed by atoms with Crippen LogP contribution in [0.2, 0.25) is 0 Å². The summed E-state index contributed by atoms with van der Waals surface area (Å²) < 4.78 is 29.7. The topological polar surface area (TPSA) is 71.0 Å². The highest BCUT2D eigenvalue weighted by atomic mass is 127. The first kappa shape index (κ1) is 25.2. The van der Waals surface area contributed by atoms with Crippen LogP contribution in [0.1, 0.15) is 17.5 Å². The van der Waals surface area contributed by atoms with Crippen molar-refractivity contribution in [2.24, 2.45) is 4.99 Å². The van der Waals surface area contributed by atoms with Crippen LogP contribution in [0.3, 0.4) is 0 Å². The zero-order valence-corrected chi connectivity index (χ0v) is 20.3. The largest absolute Gasteiger partial charge is 0.497 e. The molecule has 0 saturated heterocycles. The molecule has 0 fully saturated rings. The van der Waals surface area contributed by atoms with Crippen LogP contribution in [-0.4, -0.2) is 52.8 Å². The van der Waals surface area contributed by atoms with Gasteiger partial charge in [0.25, 0.3) is 0 Å². The number of nitrogens with zero attached hydrogens (tertiary/aromatic N) is 2. The molecule has 0 bridgehead atoms. The van der Waals surface area contributed by atoms with Gasteiger partial charge in [-0.25, -0.2) is 8.42 Å². The van der Waals surface area contributed by atoms with Gasteiger partial charge in [0, 0.05) is 27.2 Å². The fraction of sp³-hybridized carbons (Fsp3) is 0.381. The molecule has 29 heavy (non-hydrogen) atoms. The summed E-state index contributed by atoms with van der Waals surface area (Å²) in [5.41, 5.74) is 1.96. The first-order chi connectivity index (χ1) is 13.4. The van der Waals surface area contributed by atoms with Crippen LogP contribution in [0.5, 0.6) is 5.75 Å². The van der Waals surface area contributed by atoms with E-state index in [1.807, 2.05) is 66.5 Å². The maximum atomic E-state index is 12.3. The average molecular weight is 531 g/mol. The van der Waals surface area contributed by atoms with Gasteiger partial charge in [0.1, 0.15) is 5.75 Å². The number of rotatable bonds is 9. The summed E-state index contributed by atoms with van der Waals surface area (Å²) >= 11 is 0. The van der Waals surface area contributed by atoms with Gasteiger partial charge in [0.2, 0.25) is 0 Å². The number of nitrogens with one attached hydrogen (secondary N) is 1. The molecule has 0 heterocycles. The summed E-state index contributed by atoms with van der Waals surface area (Å²) in [5.74, 6) is 1.79. The molecule has 6 nitrogen and oxygen atoms in total. The maximum Gasteiger partial charge on any atom is 0.193 e. The van der Waals surface area contributed by atoms with Crippen molar-refractivity contribution in [1.82, 2.24) is 10.2 Å². The Bertz CT molecular complexity index is 856. The maximum absolute atomic E-state index is 12.3. The van der Waals surface area contributed by atoms with E-state index in [0.29, 0.717) is 19.5 Å². The smallest absolute Gasteiger partial charge is 0.193 e. The van der Waals surface area contributed by atoms with Gasteiger partial charge in [-0.2, -0.15) is 0 Å². The highest BCUT2D eigenvalue weighted by Crippen LogP contribution is 2.12. The van der Waals surface area contributed by atoms with E-state index in [9.17, 15) is 8.42 Å². The zero-order valence-electron chi connectivity index (χ0n) is 17.2. The highest BCUT2D eigenvalue weighted by molar-refractivity contribution is 14.0. The van der Waals surface area contributed by atoms with Crippen molar-refractivity contribution in [3.8, 4) is 5.75 Å². The minimum absolute atomic E-state index is 0. The van der Waals surface area contributed by atoms with E-state index in [2.05, 4.69) is 10.3 Å². The molecule has 0 unspecified atom stereocenters. The van der Waals surface area contributed by atoms with Gasteiger partial charge in [0.15, 0.2) is 15.8 Å².